The molecule has 0 spiro atoms. The molecule has 1 aliphatic rings. The summed E-state index contributed by atoms with van der Waals surface area (Å²) in [5, 5.41) is 2.60. The lowest BCUT2D eigenvalue weighted by molar-refractivity contribution is 0.0962. The number of urea groups is 1. The van der Waals surface area contributed by atoms with Gasteiger partial charge >= 0.3 is 6.03 Å². The van der Waals surface area contributed by atoms with Gasteiger partial charge in [0.1, 0.15) is 0 Å². The number of nitrogens with zero attached hydrogens (tertiary/aromatic N) is 1. The van der Waals surface area contributed by atoms with E-state index >= 15 is 0 Å². The lowest BCUT2D eigenvalue weighted by atomic mass is 9.71. The molecular weight excluding hydrogens is 314 g/mol. The normalized spacial score (nSPS) is 21.2. The van der Waals surface area contributed by atoms with Crippen LogP contribution in [0.3, 0.4) is 0 Å². The van der Waals surface area contributed by atoms with Gasteiger partial charge in [0.05, 0.1) is 0 Å². The third-order valence-electron chi connectivity index (χ3n) is 5.42. The minimum absolute atomic E-state index is 0.127. The second-order valence-corrected chi connectivity index (χ2v) is 8.08. The van der Waals surface area contributed by atoms with Crippen molar-refractivity contribution in [2.45, 2.75) is 59.0 Å². The van der Waals surface area contributed by atoms with Crippen molar-refractivity contribution in [2.75, 3.05) is 7.05 Å². The smallest absolute Gasteiger partial charge is 0.315 e. The summed E-state index contributed by atoms with van der Waals surface area (Å²) < 4.78 is 7.28. The van der Waals surface area contributed by atoms with Crippen LogP contribution in [0.15, 0.2) is 24.3 Å². The predicted octanol–water partition coefficient (Wildman–Crippen LogP) is 3.53. The van der Waals surface area contributed by atoms with Crippen LogP contribution < -0.4 is 11.0 Å². The fourth-order valence-corrected chi connectivity index (χ4v) is 3.72. The monoisotopic (exact) mass is 346 g/mol. The van der Waals surface area contributed by atoms with Crippen LogP contribution in [-0.2, 0) is 6.54 Å². The summed E-state index contributed by atoms with van der Waals surface area (Å²) in [6.45, 7) is 7.28. The summed E-state index contributed by atoms with van der Waals surface area (Å²) in [4.78, 5) is 25.7. The van der Waals surface area contributed by atoms with Crippen LogP contribution in [0.25, 0.3) is 0 Å². The highest BCUT2D eigenvalue weighted by atomic mass is 16.2. The van der Waals surface area contributed by atoms with Crippen LogP contribution in [0.2, 0.25) is 1.41 Å². The summed E-state index contributed by atoms with van der Waals surface area (Å²) in [7, 11) is 1.60. The van der Waals surface area contributed by atoms with E-state index in [1.807, 2.05) is 17.9 Å². The fraction of sp³-hybridized carbons (Fsp3) is 0.600. The quantitative estimate of drug-likeness (QED) is 0.875. The molecule has 0 aromatic heterocycles. The van der Waals surface area contributed by atoms with Gasteiger partial charge in [0.2, 0.25) is 0 Å². The van der Waals surface area contributed by atoms with E-state index in [9.17, 15) is 9.59 Å². The Labute approximate surface area is 152 Å². The van der Waals surface area contributed by atoms with E-state index in [1.54, 1.807) is 24.1 Å². The van der Waals surface area contributed by atoms with Gasteiger partial charge in [0, 0.05) is 25.2 Å². The van der Waals surface area contributed by atoms with E-state index in [4.69, 9.17) is 1.41 Å². The minimum Gasteiger partial charge on any atom is -0.355 e. The number of benzene rings is 1. The Morgan fingerprint density at radius 2 is 1.80 bits per heavy atom. The molecule has 0 heterocycles. The van der Waals surface area contributed by atoms with E-state index in [1.165, 1.54) is 0 Å². The maximum atomic E-state index is 12.3. The second kappa shape index (κ2) is 7.89. The molecule has 3 amide bonds. The van der Waals surface area contributed by atoms with Crippen LogP contribution in [0.5, 0.6) is 0 Å². The van der Waals surface area contributed by atoms with Crippen molar-refractivity contribution in [3.8, 4) is 0 Å². The number of carbonyl (C=O) groups is 2. The van der Waals surface area contributed by atoms with Gasteiger partial charge in [0.25, 0.3) is 5.91 Å². The molecule has 138 valence electrons. The summed E-state index contributed by atoms with van der Waals surface area (Å²) in [6.07, 6.45) is 4.13. The van der Waals surface area contributed by atoms with E-state index < -0.39 is 0 Å². The van der Waals surface area contributed by atoms with Crippen molar-refractivity contribution in [1.29, 1.82) is 0 Å². The molecule has 1 fully saturated rings. The van der Waals surface area contributed by atoms with Crippen LogP contribution >= 0.6 is 0 Å². The molecule has 0 radical (unpaired) electrons. The molecule has 1 saturated carbocycles. The Morgan fingerprint density at radius 1 is 1.20 bits per heavy atom. The molecule has 3 N–H and O–H groups in total. The highest BCUT2D eigenvalue weighted by Crippen LogP contribution is 2.39. The Hall–Kier alpha value is -2.04. The van der Waals surface area contributed by atoms with Crippen molar-refractivity contribution < 1.29 is 11.0 Å². The SMILES string of the molecule is [2H]NC(=O)N(Cc1ccc(C(=O)NC)cc1)C1CCC(C(C)(C)C)CC1. The molecule has 2 rings (SSSR count). The lowest BCUT2D eigenvalue weighted by Crippen LogP contribution is -2.45. The molecular formula is C20H31N3O2. The van der Waals surface area contributed by atoms with E-state index in [0.29, 0.717) is 23.4 Å². The summed E-state index contributed by atoms with van der Waals surface area (Å²) in [6, 6.07) is 7.06. The number of carbonyl (C=O) groups excluding carboxylic acids is 2. The Balaban J connectivity index is 2.07. The first-order chi connectivity index (χ1) is 12.3. The molecule has 0 bridgehead atoms. The van der Waals surface area contributed by atoms with Crippen molar-refractivity contribution in [3.05, 3.63) is 35.4 Å². The number of primary amides is 1. The second-order valence-electron chi connectivity index (χ2n) is 8.08. The summed E-state index contributed by atoms with van der Waals surface area (Å²) >= 11 is 0. The van der Waals surface area contributed by atoms with Gasteiger partial charge in [-0.3, -0.25) is 4.79 Å². The van der Waals surface area contributed by atoms with Crippen LogP contribution in [0.1, 0.15) is 62.4 Å². The van der Waals surface area contributed by atoms with Gasteiger partial charge in [-0.15, -0.1) is 0 Å². The third kappa shape index (κ3) is 4.97. The average Bonchev–Trinajstić information content (AvgIpc) is 2.64. The topological polar surface area (TPSA) is 75.4 Å². The highest BCUT2D eigenvalue weighted by Gasteiger charge is 2.33. The zero-order valence-corrected chi connectivity index (χ0v) is 15.8. The first-order valence-electron chi connectivity index (χ1n) is 9.55. The molecule has 1 aromatic carbocycles. The van der Waals surface area contributed by atoms with Crippen molar-refractivity contribution in [1.82, 2.24) is 10.2 Å². The van der Waals surface area contributed by atoms with Crippen molar-refractivity contribution in [3.63, 3.8) is 0 Å². The molecule has 0 atom stereocenters. The van der Waals surface area contributed by atoms with Crippen LogP contribution in [0, 0.1) is 11.3 Å². The molecule has 1 aliphatic carbocycles. The van der Waals surface area contributed by atoms with Gasteiger partial charge in [-0.1, -0.05) is 32.9 Å². The maximum Gasteiger partial charge on any atom is 0.315 e. The first-order valence-corrected chi connectivity index (χ1v) is 9.05. The van der Waals surface area contributed by atoms with E-state index in [-0.39, 0.29) is 18.0 Å². The standard InChI is InChI=1S/C20H31N3O2/c1-20(2,3)16-9-11-17(12-10-16)23(19(21)25)13-14-5-7-15(8-6-14)18(24)22-4/h5-8,16-17H,9-13H2,1-4H3,(H2,21,25)(H,22,24)/i/hD. The summed E-state index contributed by atoms with van der Waals surface area (Å²) in [5.41, 5.74) is 3.88. The van der Waals surface area contributed by atoms with Gasteiger partial charge in [0.15, 0.2) is 1.41 Å². The number of amides is 3. The molecule has 0 unspecified atom stereocenters. The molecule has 1 aromatic rings. The van der Waals surface area contributed by atoms with Gasteiger partial charge < -0.3 is 15.9 Å². The van der Waals surface area contributed by atoms with E-state index in [0.717, 1.165) is 31.2 Å². The Bertz CT molecular complexity index is 617. The third-order valence-corrected chi connectivity index (χ3v) is 5.42. The number of rotatable bonds is 4. The number of nitrogens with one attached hydrogen (secondary N) is 1. The van der Waals surface area contributed by atoms with E-state index in [2.05, 4.69) is 26.1 Å². The highest BCUT2D eigenvalue weighted by molar-refractivity contribution is 5.93. The zero-order chi connectivity index (χ0) is 19.3. The van der Waals surface area contributed by atoms with Crippen molar-refractivity contribution >= 4 is 11.9 Å². The van der Waals surface area contributed by atoms with Gasteiger partial charge in [-0.25, -0.2) is 4.79 Å². The lowest BCUT2D eigenvalue weighted by Gasteiger charge is -2.40. The zero-order valence-electron chi connectivity index (χ0n) is 16.8. The number of nitrogens with two attached hydrogens (primary N) is 1. The first kappa shape index (κ1) is 17.8. The van der Waals surface area contributed by atoms with Crippen molar-refractivity contribution in [2.24, 2.45) is 17.1 Å². The molecule has 0 aliphatic heterocycles. The fourth-order valence-electron chi connectivity index (χ4n) is 3.72. The molecule has 5 nitrogen and oxygen atoms in total. The number of hydrogen-bond donors (Lipinski definition) is 2. The summed E-state index contributed by atoms with van der Waals surface area (Å²) in [5.74, 6) is 0.546. The molecule has 5 heteroatoms. The van der Waals surface area contributed by atoms with Crippen LogP contribution in [0.4, 0.5) is 4.79 Å². The predicted molar refractivity (Wildman–Crippen MR) is 100 cm³/mol. The largest absolute Gasteiger partial charge is 0.355 e. The molecule has 25 heavy (non-hydrogen) atoms. The number of hydrogen-bond acceptors (Lipinski definition) is 2. The van der Waals surface area contributed by atoms with Crippen LogP contribution in [-0.4, -0.2) is 29.9 Å². The van der Waals surface area contributed by atoms with Gasteiger partial charge in [-0.2, -0.15) is 0 Å². The maximum absolute atomic E-state index is 12.3. The average molecular weight is 346 g/mol. The Morgan fingerprint density at radius 3 is 2.28 bits per heavy atom. The minimum atomic E-state index is -0.361. The Kier molecular flexibility index (Phi) is 5.61. The molecule has 0 saturated heterocycles. The van der Waals surface area contributed by atoms with Gasteiger partial charge in [-0.05, 0) is 54.7 Å².